The first-order valence-corrected chi connectivity index (χ1v) is 15.8. The molecule has 7 N–H and O–H groups in total. The minimum absolute atomic E-state index is 0.000558. The van der Waals surface area contributed by atoms with Crippen LogP contribution < -0.4 is 26.6 Å². The highest BCUT2D eigenvalue weighted by Crippen LogP contribution is 2.28. The molecule has 14 heteroatoms. The largest absolute Gasteiger partial charge is 0.481 e. The van der Waals surface area contributed by atoms with Crippen LogP contribution in [0.4, 0.5) is 11.4 Å². The highest BCUT2D eigenvalue weighted by molar-refractivity contribution is 6.04. The number of piperidine rings is 1. The number of nitrogens with two attached hydrogens (primary N) is 1. The fourth-order valence-corrected chi connectivity index (χ4v) is 5.16. The summed E-state index contributed by atoms with van der Waals surface area (Å²) in [5.41, 5.74) is 6.40. The molecule has 0 aromatic heterocycles. The normalized spacial score (nSPS) is 15.4. The van der Waals surface area contributed by atoms with Gasteiger partial charge in [0.1, 0.15) is 17.7 Å². The molecular weight excluding hydrogens is 622 g/mol. The fraction of sp³-hybridized carbons (Fsp3) is 0.471. The van der Waals surface area contributed by atoms with Crippen molar-refractivity contribution in [3.63, 3.8) is 0 Å². The Morgan fingerprint density at radius 3 is 2.17 bits per heavy atom. The van der Waals surface area contributed by atoms with E-state index in [1.807, 2.05) is 4.90 Å². The molecule has 3 atom stereocenters. The zero-order valence-electron chi connectivity index (χ0n) is 27.7. The summed E-state index contributed by atoms with van der Waals surface area (Å²) in [5, 5.41) is 27.0. The highest BCUT2D eigenvalue weighted by atomic mass is 16.6. The summed E-state index contributed by atoms with van der Waals surface area (Å²) in [4.78, 5) is 76.9. The van der Waals surface area contributed by atoms with Crippen molar-refractivity contribution in [1.29, 1.82) is 0 Å². The number of hydrogen-bond acceptors (Lipinski definition) is 9. The molecule has 1 saturated heterocycles. The summed E-state index contributed by atoms with van der Waals surface area (Å²) in [6.07, 6.45) is 0.823. The number of anilines is 2. The first-order valence-electron chi connectivity index (χ1n) is 15.8. The van der Waals surface area contributed by atoms with Crippen LogP contribution in [0.25, 0.3) is 0 Å². The second-order valence-electron chi connectivity index (χ2n) is 12.8. The van der Waals surface area contributed by atoms with Crippen LogP contribution >= 0.6 is 0 Å². The van der Waals surface area contributed by atoms with E-state index in [1.165, 1.54) is 19.1 Å². The van der Waals surface area contributed by atoms with Crippen LogP contribution in [0.15, 0.2) is 48.5 Å². The monoisotopic (exact) mass is 667 g/mol. The number of carboxylic acids is 2. The number of carbonyl (C=O) groups excluding carboxylic acids is 4. The van der Waals surface area contributed by atoms with Gasteiger partial charge in [0, 0.05) is 31.6 Å². The molecule has 1 fully saturated rings. The van der Waals surface area contributed by atoms with Gasteiger partial charge in [0.25, 0.3) is 0 Å². The maximum atomic E-state index is 13.6. The Morgan fingerprint density at radius 2 is 1.58 bits per heavy atom. The van der Waals surface area contributed by atoms with E-state index in [1.54, 1.807) is 57.2 Å². The molecule has 0 radical (unpaired) electrons. The van der Waals surface area contributed by atoms with Crippen LogP contribution in [-0.4, -0.2) is 82.7 Å². The van der Waals surface area contributed by atoms with Crippen molar-refractivity contribution < 1.29 is 43.7 Å². The number of carboxylic acid groups (broad SMARTS) is 2. The molecule has 2 aromatic rings. The van der Waals surface area contributed by atoms with Crippen LogP contribution in [0.3, 0.4) is 0 Å². The lowest BCUT2D eigenvalue weighted by Gasteiger charge is -2.32. The molecule has 0 bridgehead atoms. The molecule has 0 aliphatic carbocycles. The van der Waals surface area contributed by atoms with Gasteiger partial charge >= 0.3 is 17.9 Å². The second kappa shape index (κ2) is 16.7. The second-order valence-corrected chi connectivity index (χ2v) is 12.8. The Kier molecular flexibility index (Phi) is 13.1. The summed E-state index contributed by atoms with van der Waals surface area (Å²) in [6, 6.07) is 10.1. The molecule has 14 nitrogen and oxygen atoms in total. The van der Waals surface area contributed by atoms with Gasteiger partial charge in [0.15, 0.2) is 0 Å². The Morgan fingerprint density at radius 1 is 0.938 bits per heavy atom. The van der Waals surface area contributed by atoms with Crippen molar-refractivity contribution in [2.75, 3.05) is 23.3 Å². The van der Waals surface area contributed by atoms with Gasteiger partial charge in [-0.1, -0.05) is 30.3 Å². The van der Waals surface area contributed by atoms with E-state index in [4.69, 9.17) is 10.5 Å². The van der Waals surface area contributed by atoms with Crippen LogP contribution in [0.2, 0.25) is 0 Å². The van der Waals surface area contributed by atoms with Gasteiger partial charge in [0.05, 0.1) is 23.2 Å². The van der Waals surface area contributed by atoms with Gasteiger partial charge in [-0.25, -0.2) is 4.79 Å². The van der Waals surface area contributed by atoms with E-state index in [0.717, 1.165) is 5.56 Å². The zero-order valence-corrected chi connectivity index (χ0v) is 27.7. The molecule has 1 heterocycles. The molecule has 260 valence electrons. The first kappa shape index (κ1) is 37.5. The SMILES string of the molecule is C[C@@H](NC(=O)[C@H](N)CCC(=O)OC(C)(C)C)C(=O)N[C@@H](Cc1ccccc1)C(=O)Nc1ccc(N2CCC(C(=O)O)CC2)cc1C(=O)O. The number of nitrogens with one attached hydrogen (secondary N) is 3. The quantitative estimate of drug-likeness (QED) is 0.161. The number of amides is 3. The molecule has 0 unspecified atom stereocenters. The topological polar surface area (TPSA) is 217 Å². The van der Waals surface area contributed by atoms with E-state index in [-0.39, 0.29) is 30.5 Å². The number of aliphatic carboxylic acids is 1. The van der Waals surface area contributed by atoms with E-state index in [9.17, 15) is 39.0 Å². The summed E-state index contributed by atoms with van der Waals surface area (Å²) in [7, 11) is 0. The minimum Gasteiger partial charge on any atom is -0.481 e. The van der Waals surface area contributed by atoms with Crippen LogP contribution in [0.5, 0.6) is 0 Å². The Labute approximate surface area is 279 Å². The van der Waals surface area contributed by atoms with Gasteiger partial charge in [-0.15, -0.1) is 0 Å². The third-order valence-electron chi connectivity index (χ3n) is 7.78. The van der Waals surface area contributed by atoms with Crippen molar-refractivity contribution in [1.82, 2.24) is 10.6 Å². The summed E-state index contributed by atoms with van der Waals surface area (Å²) < 4.78 is 5.23. The smallest absolute Gasteiger partial charge is 0.337 e. The number of rotatable bonds is 14. The maximum absolute atomic E-state index is 13.6. The van der Waals surface area contributed by atoms with E-state index < -0.39 is 65.3 Å². The summed E-state index contributed by atoms with van der Waals surface area (Å²) >= 11 is 0. The van der Waals surface area contributed by atoms with Crippen molar-refractivity contribution in [2.45, 2.75) is 83.5 Å². The van der Waals surface area contributed by atoms with Gasteiger partial charge in [-0.3, -0.25) is 24.0 Å². The number of hydrogen-bond donors (Lipinski definition) is 6. The lowest BCUT2D eigenvalue weighted by Crippen LogP contribution is -2.54. The van der Waals surface area contributed by atoms with Gasteiger partial charge in [-0.2, -0.15) is 0 Å². The lowest BCUT2D eigenvalue weighted by molar-refractivity contribution is -0.155. The van der Waals surface area contributed by atoms with Crippen LogP contribution in [-0.2, 0) is 35.1 Å². The fourth-order valence-electron chi connectivity index (χ4n) is 5.16. The van der Waals surface area contributed by atoms with Crippen LogP contribution in [0.1, 0.15) is 69.3 Å². The highest BCUT2D eigenvalue weighted by Gasteiger charge is 2.29. The van der Waals surface area contributed by atoms with Crippen molar-refractivity contribution in [2.24, 2.45) is 11.7 Å². The Bertz CT molecular complexity index is 1480. The Hall–Kier alpha value is -4.98. The molecule has 48 heavy (non-hydrogen) atoms. The van der Waals surface area contributed by atoms with E-state index in [0.29, 0.717) is 31.6 Å². The number of nitrogens with zero attached hydrogens (tertiary/aromatic N) is 1. The number of aromatic carboxylic acids is 1. The molecule has 1 aliphatic heterocycles. The van der Waals surface area contributed by atoms with Crippen molar-refractivity contribution in [3.8, 4) is 0 Å². The van der Waals surface area contributed by atoms with Crippen molar-refractivity contribution in [3.05, 3.63) is 59.7 Å². The molecule has 3 amide bonds. The summed E-state index contributed by atoms with van der Waals surface area (Å²) in [6.45, 7) is 7.47. The Balaban J connectivity index is 1.70. The van der Waals surface area contributed by atoms with E-state index >= 15 is 0 Å². The number of benzene rings is 2. The van der Waals surface area contributed by atoms with Crippen LogP contribution in [0, 0.1) is 5.92 Å². The molecule has 3 rings (SSSR count). The average molecular weight is 668 g/mol. The predicted molar refractivity (Wildman–Crippen MR) is 177 cm³/mol. The standard InChI is InChI=1S/C34H45N5O9/c1-20(36-30(42)25(35)11-13-28(40)48-34(2,3)4)29(41)38-27(18-21-8-6-5-7-9-21)31(43)37-26-12-10-23(19-24(26)33(46)47)39-16-14-22(15-17-39)32(44)45/h5-10,12,19-20,22,25,27H,11,13-18,35H2,1-4H3,(H,36,42)(H,37,43)(H,38,41)(H,44,45)(H,46,47)/t20-,25-,27+/m1/s1. The van der Waals surface area contributed by atoms with Gasteiger partial charge < -0.3 is 41.5 Å². The zero-order chi connectivity index (χ0) is 35.6. The predicted octanol–water partition coefficient (Wildman–Crippen LogP) is 2.31. The van der Waals surface area contributed by atoms with Crippen molar-refractivity contribution >= 4 is 47.0 Å². The van der Waals surface area contributed by atoms with Gasteiger partial charge in [0.2, 0.25) is 17.7 Å². The number of esters is 1. The molecule has 0 spiro atoms. The number of ether oxygens (including phenoxy) is 1. The third-order valence-corrected chi connectivity index (χ3v) is 7.78. The third kappa shape index (κ3) is 11.4. The summed E-state index contributed by atoms with van der Waals surface area (Å²) in [5.74, 6) is -5.12. The molecular formula is C34H45N5O9. The number of carbonyl (C=O) groups is 6. The average Bonchev–Trinajstić information content (AvgIpc) is 3.02. The molecule has 1 aliphatic rings. The lowest BCUT2D eigenvalue weighted by atomic mass is 9.96. The first-order chi connectivity index (χ1) is 22.5. The molecule has 2 aromatic carbocycles. The molecule has 0 saturated carbocycles. The maximum Gasteiger partial charge on any atom is 0.337 e. The van der Waals surface area contributed by atoms with Gasteiger partial charge in [-0.05, 0) is 70.7 Å². The van der Waals surface area contributed by atoms with E-state index in [2.05, 4.69) is 16.0 Å². The minimum atomic E-state index is -1.28.